The lowest BCUT2D eigenvalue weighted by Crippen LogP contribution is -2.30. The summed E-state index contributed by atoms with van der Waals surface area (Å²) in [5, 5.41) is 14.1. The van der Waals surface area contributed by atoms with Crippen LogP contribution in [0.4, 0.5) is 0 Å². The Morgan fingerprint density at radius 3 is 2.10 bits per heavy atom. The van der Waals surface area contributed by atoms with Crippen LogP contribution in [0, 0.1) is 0 Å². The van der Waals surface area contributed by atoms with Gasteiger partial charge in [-0.05, 0) is 0 Å². The van der Waals surface area contributed by atoms with E-state index in [-0.39, 0.29) is 18.2 Å². The van der Waals surface area contributed by atoms with E-state index >= 15 is 0 Å². The van der Waals surface area contributed by atoms with Gasteiger partial charge in [-0.15, -0.1) is 0 Å². The van der Waals surface area contributed by atoms with Gasteiger partial charge in [0, 0.05) is 0 Å². The number of nitrogens with one attached hydrogen (secondary N) is 1. The van der Waals surface area contributed by atoms with Crippen molar-refractivity contribution < 1.29 is 20.1 Å². The van der Waals surface area contributed by atoms with Gasteiger partial charge >= 0.3 is 0 Å². The SMILES string of the molecule is N[C@H]1CC(=O)NC1=O.OO. The van der Waals surface area contributed by atoms with Crippen molar-refractivity contribution in [2.45, 2.75) is 12.5 Å². The maximum absolute atomic E-state index is 10.3. The summed E-state index contributed by atoms with van der Waals surface area (Å²) < 4.78 is 0. The minimum Gasteiger partial charge on any atom is -0.319 e. The van der Waals surface area contributed by atoms with Crippen LogP contribution in [0.3, 0.4) is 0 Å². The average Bonchev–Trinajstić information content (AvgIpc) is 2.16. The number of carbonyl (C=O) groups excluding carboxylic acids is 2. The van der Waals surface area contributed by atoms with Crippen molar-refractivity contribution in [1.82, 2.24) is 5.32 Å². The smallest absolute Gasteiger partial charge is 0.243 e. The highest BCUT2D eigenvalue weighted by atomic mass is 17.0. The summed E-state index contributed by atoms with van der Waals surface area (Å²) in [5.41, 5.74) is 5.14. The number of rotatable bonds is 0. The van der Waals surface area contributed by atoms with Gasteiger partial charge in [-0.1, -0.05) is 0 Å². The van der Waals surface area contributed by atoms with Gasteiger partial charge in [0.1, 0.15) is 0 Å². The van der Waals surface area contributed by atoms with Crippen molar-refractivity contribution in [3.63, 3.8) is 0 Å². The van der Waals surface area contributed by atoms with E-state index in [1.165, 1.54) is 0 Å². The number of hydrogen-bond donors (Lipinski definition) is 4. The van der Waals surface area contributed by atoms with Gasteiger partial charge < -0.3 is 5.73 Å². The zero-order valence-corrected chi connectivity index (χ0v) is 5.07. The molecule has 0 aliphatic carbocycles. The molecule has 1 aliphatic rings. The molecule has 1 rings (SSSR count). The second-order valence-electron chi connectivity index (χ2n) is 1.72. The molecule has 0 radical (unpaired) electrons. The van der Waals surface area contributed by atoms with Crippen molar-refractivity contribution in [1.29, 1.82) is 0 Å². The van der Waals surface area contributed by atoms with Crippen LogP contribution in [0.1, 0.15) is 6.42 Å². The molecule has 0 aromatic heterocycles. The molecular formula is C4H8N2O4. The van der Waals surface area contributed by atoms with Gasteiger partial charge in [0.25, 0.3) is 0 Å². The van der Waals surface area contributed by atoms with Crippen molar-refractivity contribution in [2.75, 3.05) is 0 Å². The standard InChI is InChI=1S/C4H6N2O2.H2O2/c5-2-1-3(7)6-4(2)8;1-2/h2H,1,5H2,(H,6,7,8);1-2H/t2-;/m0./s1. The second kappa shape index (κ2) is 3.94. The van der Waals surface area contributed by atoms with Crippen molar-refractivity contribution in [3.8, 4) is 0 Å². The van der Waals surface area contributed by atoms with Crippen LogP contribution in [0.2, 0.25) is 0 Å². The predicted molar refractivity (Wildman–Crippen MR) is 31.0 cm³/mol. The highest BCUT2D eigenvalue weighted by Crippen LogP contribution is 1.95. The summed E-state index contributed by atoms with van der Waals surface area (Å²) >= 11 is 0. The second-order valence-corrected chi connectivity index (χ2v) is 1.72. The van der Waals surface area contributed by atoms with Crippen LogP contribution in [-0.2, 0) is 9.59 Å². The molecule has 6 heteroatoms. The minimum absolute atomic E-state index is 0.138. The van der Waals surface area contributed by atoms with E-state index in [2.05, 4.69) is 5.32 Å². The largest absolute Gasteiger partial charge is 0.319 e. The third-order valence-corrected chi connectivity index (χ3v) is 1.00. The van der Waals surface area contributed by atoms with E-state index in [0.29, 0.717) is 0 Å². The lowest BCUT2D eigenvalue weighted by molar-refractivity contribution is -0.176. The fourth-order valence-corrected chi connectivity index (χ4v) is 0.574. The highest BCUT2D eigenvalue weighted by molar-refractivity contribution is 6.05. The summed E-state index contributed by atoms with van der Waals surface area (Å²) in [6.07, 6.45) is 0.138. The van der Waals surface area contributed by atoms with Crippen LogP contribution in [-0.4, -0.2) is 28.4 Å². The highest BCUT2D eigenvalue weighted by Gasteiger charge is 2.26. The molecule has 1 heterocycles. The molecule has 0 spiro atoms. The summed E-state index contributed by atoms with van der Waals surface area (Å²) in [4.78, 5) is 20.6. The van der Waals surface area contributed by atoms with E-state index < -0.39 is 6.04 Å². The van der Waals surface area contributed by atoms with E-state index in [0.717, 1.165) is 0 Å². The summed E-state index contributed by atoms with van der Waals surface area (Å²) in [7, 11) is 0. The van der Waals surface area contributed by atoms with Crippen molar-refractivity contribution in [3.05, 3.63) is 0 Å². The maximum atomic E-state index is 10.3. The monoisotopic (exact) mass is 148 g/mol. The number of imide groups is 1. The minimum atomic E-state index is -0.609. The Labute approximate surface area is 56.6 Å². The Bertz CT molecular complexity index is 146. The van der Waals surface area contributed by atoms with Gasteiger partial charge in [0.05, 0.1) is 12.5 Å². The zero-order valence-electron chi connectivity index (χ0n) is 5.07. The van der Waals surface area contributed by atoms with E-state index in [1.807, 2.05) is 0 Å². The number of hydrogen-bond acceptors (Lipinski definition) is 5. The van der Waals surface area contributed by atoms with Crippen LogP contribution in [0.15, 0.2) is 0 Å². The molecule has 6 nitrogen and oxygen atoms in total. The quantitative estimate of drug-likeness (QED) is 0.187. The Morgan fingerprint density at radius 2 is 2.00 bits per heavy atom. The van der Waals surface area contributed by atoms with Crippen molar-refractivity contribution in [2.24, 2.45) is 5.73 Å². The molecule has 58 valence electrons. The third kappa shape index (κ3) is 2.09. The maximum Gasteiger partial charge on any atom is 0.243 e. The first-order chi connectivity index (χ1) is 4.70. The van der Waals surface area contributed by atoms with Crippen LogP contribution in [0.25, 0.3) is 0 Å². The number of amides is 2. The molecule has 0 unspecified atom stereocenters. The number of carbonyl (C=O) groups is 2. The van der Waals surface area contributed by atoms with Gasteiger partial charge in [-0.2, -0.15) is 0 Å². The summed E-state index contributed by atoms with van der Waals surface area (Å²) in [5.74, 6) is -0.641. The fraction of sp³-hybridized carbons (Fsp3) is 0.500. The van der Waals surface area contributed by atoms with Crippen molar-refractivity contribution >= 4 is 11.8 Å². The molecular weight excluding hydrogens is 140 g/mol. The normalized spacial score (nSPS) is 23.3. The first-order valence-electron chi connectivity index (χ1n) is 2.49. The lowest BCUT2D eigenvalue weighted by Gasteiger charge is -1.89. The Hall–Kier alpha value is -0.980. The molecule has 0 saturated carbocycles. The third-order valence-electron chi connectivity index (χ3n) is 1.00. The molecule has 1 saturated heterocycles. The first-order valence-corrected chi connectivity index (χ1v) is 2.49. The lowest BCUT2D eigenvalue weighted by atomic mass is 10.3. The van der Waals surface area contributed by atoms with Gasteiger partial charge in [-0.3, -0.25) is 25.4 Å². The molecule has 2 amide bonds. The Kier molecular flexibility index (Phi) is 3.55. The molecule has 1 atom stereocenters. The Morgan fingerprint density at radius 1 is 1.50 bits per heavy atom. The van der Waals surface area contributed by atoms with E-state index in [4.69, 9.17) is 16.2 Å². The number of nitrogens with two attached hydrogens (primary N) is 1. The van der Waals surface area contributed by atoms with E-state index in [1.54, 1.807) is 0 Å². The van der Waals surface area contributed by atoms with Gasteiger partial charge in [-0.25, -0.2) is 0 Å². The first kappa shape index (κ1) is 9.02. The molecule has 0 bridgehead atoms. The van der Waals surface area contributed by atoms with Crippen LogP contribution < -0.4 is 11.1 Å². The molecule has 5 N–H and O–H groups in total. The molecule has 0 aromatic rings. The molecule has 1 fully saturated rings. The summed E-state index contributed by atoms with van der Waals surface area (Å²) in [6.45, 7) is 0. The van der Waals surface area contributed by atoms with Gasteiger partial charge in [0.2, 0.25) is 11.8 Å². The van der Waals surface area contributed by atoms with Crippen LogP contribution >= 0.6 is 0 Å². The molecule has 10 heavy (non-hydrogen) atoms. The van der Waals surface area contributed by atoms with Crippen LogP contribution in [0.5, 0.6) is 0 Å². The average molecular weight is 148 g/mol. The molecule has 0 aromatic carbocycles. The zero-order chi connectivity index (χ0) is 8.15. The molecule has 1 aliphatic heterocycles. The summed E-state index contributed by atoms with van der Waals surface area (Å²) in [6, 6.07) is -0.609. The Balaban J connectivity index is 0.000000371. The van der Waals surface area contributed by atoms with Gasteiger partial charge in [0.15, 0.2) is 0 Å². The topological polar surface area (TPSA) is 113 Å². The van der Waals surface area contributed by atoms with E-state index in [9.17, 15) is 9.59 Å². The predicted octanol–water partition coefficient (Wildman–Crippen LogP) is -1.62. The fourth-order valence-electron chi connectivity index (χ4n) is 0.574.